The summed E-state index contributed by atoms with van der Waals surface area (Å²) in [6.45, 7) is 5.03. The van der Waals surface area contributed by atoms with Crippen LogP contribution >= 0.6 is 0 Å². The van der Waals surface area contributed by atoms with Crippen LogP contribution in [0, 0.1) is 0 Å². The van der Waals surface area contributed by atoms with E-state index in [1.807, 2.05) is 0 Å². The van der Waals surface area contributed by atoms with Crippen molar-refractivity contribution in [2.75, 3.05) is 0 Å². The number of carboxylic acids is 1. The van der Waals surface area contributed by atoms with Gasteiger partial charge in [-0.15, -0.1) is 6.58 Å². The highest BCUT2D eigenvalue weighted by molar-refractivity contribution is 6.05. The minimum Gasteiger partial charge on any atom is -0.479 e. The molecule has 12 heavy (non-hydrogen) atoms. The van der Waals surface area contributed by atoms with E-state index >= 15 is 0 Å². The molecule has 68 valence electrons. The van der Waals surface area contributed by atoms with Crippen LogP contribution < -0.4 is 11.5 Å². The Bertz CT molecular complexity index is 221. The number of primary amides is 1. The molecule has 5 heteroatoms. The minimum absolute atomic E-state index is 0.141. The molecule has 0 aliphatic rings. The third-order valence-corrected chi connectivity index (χ3v) is 1.40. The molecule has 1 amide bonds. The second-order valence-corrected chi connectivity index (χ2v) is 2.77. The molecule has 0 aliphatic heterocycles. The van der Waals surface area contributed by atoms with Crippen molar-refractivity contribution in [1.29, 1.82) is 0 Å². The first-order chi connectivity index (χ1) is 5.30. The van der Waals surface area contributed by atoms with E-state index in [0.29, 0.717) is 5.57 Å². The van der Waals surface area contributed by atoms with Crippen molar-refractivity contribution in [2.45, 2.75) is 18.9 Å². The number of hydrogen-bond donors (Lipinski definition) is 3. The van der Waals surface area contributed by atoms with Gasteiger partial charge in [0.15, 0.2) is 5.54 Å². The molecule has 0 spiro atoms. The minimum atomic E-state index is -2.02. The quantitative estimate of drug-likeness (QED) is 0.382. The molecule has 0 bridgehead atoms. The molecule has 0 aliphatic carbocycles. The van der Waals surface area contributed by atoms with Crippen molar-refractivity contribution in [1.82, 2.24) is 0 Å². The first kappa shape index (κ1) is 10.6. The van der Waals surface area contributed by atoms with E-state index in [9.17, 15) is 9.59 Å². The first-order valence-corrected chi connectivity index (χ1v) is 3.27. The zero-order valence-electron chi connectivity index (χ0n) is 6.83. The number of aliphatic carboxylic acids is 1. The highest BCUT2D eigenvalue weighted by atomic mass is 16.4. The highest BCUT2D eigenvalue weighted by Gasteiger charge is 2.40. The van der Waals surface area contributed by atoms with E-state index in [2.05, 4.69) is 6.58 Å². The van der Waals surface area contributed by atoms with Crippen LogP contribution in [-0.2, 0) is 9.59 Å². The largest absolute Gasteiger partial charge is 0.479 e. The van der Waals surface area contributed by atoms with E-state index < -0.39 is 17.4 Å². The molecule has 0 fully saturated rings. The van der Waals surface area contributed by atoms with Gasteiger partial charge in [0.05, 0.1) is 0 Å². The van der Waals surface area contributed by atoms with Crippen LogP contribution in [0.2, 0.25) is 0 Å². The molecule has 0 aromatic carbocycles. The van der Waals surface area contributed by atoms with Gasteiger partial charge in [0.1, 0.15) is 0 Å². The Balaban J connectivity index is 4.75. The number of hydrogen-bond acceptors (Lipinski definition) is 3. The number of nitrogens with two attached hydrogens (primary N) is 2. The van der Waals surface area contributed by atoms with E-state index in [4.69, 9.17) is 16.6 Å². The molecule has 1 atom stereocenters. The Hall–Kier alpha value is -1.36. The summed E-state index contributed by atoms with van der Waals surface area (Å²) in [7, 11) is 0. The van der Waals surface area contributed by atoms with E-state index in [-0.39, 0.29) is 6.42 Å². The molecule has 0 rings (SSSR count). The fraction of sp³-hybridized carbons (Fsp3) is 0.429. The Labute approximate surface area is 70.0 Å². The lowest BCUT2D eigenvalue weighted by Gasteiger charge is -2.20. The SMILES string of the molecule is C=C(C)C[C@@](N)(C(N)=O)C(=O)O. The molecule has 5 nitrogen and oxygen atoms in total. The van der Waals surface area contributed by atoms with Gasteiger partial charge < -0.3 is 16.6 Å². The maximum atomic E-state index is 10.7. The molecule has 5 N–H and O–H groups in total. The average molecular weight is 172 g/mol. The predicted octanol–water partition coefficient (Wildman–Crippen LogP) is -0.780. The molecule has 0 unspecified atom stereocenters. The Morgan fingerprint density at radius 1 is 1.58 bits per heavy atom. The zero-order chi connectivity index (χ0) is 9.94. The van der Waals surface area contributed by atoms with Crippen molar-refractivity contribution in [2.24, 2.45) is 11.5 Å². The molecular formula is C7H12N2O3. The number of carbonyl (C=O) groups excluding carboxylic acids is 1. The van der Waals surface area contributed by atoms with Gasteiger partial charge in [0.2, 0.25) is 5.91 Å². The Kier molecular flexibility index (Phi) is 2.98. The number of carboxylic acid groups (broad SMARTS) is 1. The number of amides is 1. The van der Waals surface area contributed by atoms with E-state index in [0.717, 1.165) is 0 Å². The van der Waals surface area contributed by atoms with E-state index in [1.54, 1.807) is 6.92 Å². The molecular weight excluding hydrogens is 160 g/mol. The van der Waals surface area contributed by atoms with Crippen molar-refractivity contribution < 1.29 is 14.7 Å². The second-order valence-electron chi connectivity index (χ2n) is 2.77. The average Bonchev–Trinajstić information content (AvgIpc) is 1.84. The fourth-order valence-electron chi connectivity index (χ4n) is 0.744. The van der Waals surface area contributed by atoms with Crippen LogP contribution in [0.4, 0.5) is 0 Å². The zero-order valence-corrected chi connectivity index (χ0v) is 6.83. The highest BCUT2D eigenvalue weighted by Crippen LogP contribution is 2.12. The van der Waals surface area contributed by atoms with Gasteiger partial charge in [0, 0.05) is 6.42 Å². The summed E-state index contributed by atoms with van der Waals surface area (Å²) in [5, 5.41) is 8.58. The van der Waals surface area contributed by atoms with Gasteiger partial charge in [-0.2, -0.15) is 0 Å². The van der Waals surface area contributed by atoms with Gasteiger partial charge in [0.25, 0.3) is 0 Å². The molecule has 0 radical (unpaired) electrons. The summed E-state index contributed by atoms with van der Waals surface area (Å²) in [5.41, 5.74) is 8.56. The lowest BCUT2D eigenvalue weighted by atomic mass is 9.92. The van der Waals surface area contributed by atoms with Crippen molar-refractivity contribution >= 4 is 11.9 Å². The fourth-order valence-corrected chi connectivity index (χ4v) is 0.744. The smallest absolute Gasteiger partial charge is 0.333 e. The van der Waals surface area contributed by atoms with Gasteiger partial charge in [-0.3, -0.25) is 4.79 Å². The van der Waals surface area contributed by atoms with Gasteiger partial charge in [-0.1, -0.05) is 5.57 Å². The van der Waals surface area contributed by atoms with Crippen molar-refractivity contribution in [3.05, 3.63) is 12.2 Å². The molecule has 0 saturated carbocycles. The maximum Gasteiger partial charge on any atom is 0.333 e. The summed E-state index contributed by atoms with van der Waals surface area (Å²) in [5.74, 6) is -2.49. The molecule has 0 aromatic rings. The lowest BCUT2D eigenvalue weighted by molar-refractivity contribution is -0.147. The number of rotatable bonds is 4. The molecule has 0 saturated heterocycles. The normalized spacial score (nSPS) is 14.8. The summed E-state index contributed by atoms with van der Waals surface area (Å²) in [4.78, 5) is 21.2. The second kappa shape index (κ2) is 3.36. The van der Waals surface area contributed by atoms with Gasteiger partial charge in [-0.05, 0) is 6.92 Å². The van der Waals surface area contributed by atoms with Gasteiger partial charge in [-0.25, -0.2) is 4.79 Å². The van der Waals surface area contributed by atoms with Crippen LogP contribution in [-0.4, -0.2) is 22.5 Å². The van der Waals surface area contributed by atoms with Gasteiger partial charge >= 0.3 is 5.97 Å². The third kappa shape index (κ3) is 2.06. The summed E-state index contributed by atoms with van der Waals surface area (Å²) in [6.07, 6.45) is -0.141. The third-order valence-electron chi connectivity index (χ3n) is 1.40. The van der Waals surface area contributed by atoms with Crippen LogP contribution in [0.3, 0.4) is 0 Å². The molecule has 0 heterocycles. The Morgan fingerprint density at radius 3 is 2.08 bits per heavy atom. The van der Waals surface area contributed by atoms with E-state index in [1.165, 1.54) is 0 Å². The summed E-state index contributed by atoms with van der Waals surface area (Å²) in [6, 6.07) is 0. The van der Waals surface area contributed by atoms with Crippen LogP contribution in [0.25, 0.3) is 0 Å². The Morgan fingerprint density at radius 2 is 2.00 bits per heavy atom. The van der Waals surface area contributed by atoms with Crippen molar-refractivity contribution in [3.8, 4) is 0 Å². The number of carbonyl (C=O) groups is 2. The monoisotopic (exact) mass is 172 g/mol. The topological polar surface area (TPSA) is 106 Å². The molecule has 0 aromatic heterocycles. The van der Waals surface area contributed by atoms with Crippen LogP contribution in [0.15, 0.2) is 12.2 Å². The van der Waals surface area contributed by atoms with Crippen molar-refractivity contribution in [3.63, 3.8) is 0 Å². The predicted molar refractivity (Wildman–Crippen MR) is 43.2 cm³/mol. The standard InChI is InChI=1S/C7H12N2O3/c1-4(2)3-7(9,5(8)10)6(11)12/h1,3,9H2,2H3,(H2,8,10)(H,11,12)/t7-/m1/s1. The lowest BCUT2D eigenvalue weighted by Crippen LogP contribution is -2.58. The first-order valence-electron chi connectivity index (χ1n) is 3.27. The summed E-state index contributed by atoms with van der Waals surface area (Å²) < 4.78 is 0. The maximum absolute atomic E-state index is 10.7. The van der Waals surface area contributed by atoms with Crippen LogP contribution in [0.1, 0.15) is 13.3 Å². The van der Waals surface area contributed by atoms with Crippen LogP contribution in [0.5, 0.6) is 0 Å². The summed E-state index contributed by atoms with van der Waals surface area (Å²) >= 11 is 0.